The maximum Gasteiger partial charge on any atom is 0.255 e. The molecule has 2 aromatic carbocycles. The van der Waals surface area contributed by atoms with E-state index in [9.17, 15) is 9.18 Å². The zero-order valence-electron chi connectivity index (χ0n) is 15.5. The number of aryl methyl sites for hydroxylation is 1. The summed E-state index contributed by atoms with van der Waals surface area (Å²) in [4.78, 5) is 21.0. The number of nitrogen functional groups attached to an aromatic ring is 1. The maximum atomic E-state index is 14.0. The lowest BCUT2D eigenvalue weighted by Crippen LogP contribution is -2.37. The molecule has 28 heavy (non-hydrogen) atoms. The number of nitrogens with one attached hydrogen (secondary N) is 1. The highest BCUT2D eigenvalue weighted by Crippen LogP contribution is 2.35. The molecule has 1 amide bonds. The molecule has 7 heteroatoms. The molecule has 0 fully saturated rings. The molecular weight excluding hydrogens is 359 g/mol. The molecule has 6 nitrogen and oxygen atoms in total. The highest BCUT2D eigenvalue weighted by molar-refractivity contribution is 5.98. The highest BCUT2D eigenvalue weighted by Gasteiger charge is 2.30. The van der Waals surface area contributed by atoms with Crippen LogP contribution in [0.5, 0.6) is 5.75 Å². The van der Waals surface area contributed by atoms with E-state index < -0.39 is 0 Å². The summed E-state index contributed by atoms with van der Waals surface area (Å²) in [7, 11) is 1.58. The van der Waals surface area contributed by atoms with Gasteiger partial charge < -0.3 is 15.8 Å². The molecule has 2 heterocycles. The second-order valence-electron chi connectivity index (χ2n) is 6.68. The number of halogens is 1. The standard InChI is InChI=1S/C21H19FN4O2/c1-11-19-18(26-21(23)24-11)10-17(25-20(19)27)15-7-6-13(22)9-16(15)12-4-3-5-14(8-12)28-2/h3-9,17H,10H2,1-2H3,(H,25,27)(H2,23,24,26)/t17-/m1/s1. The molecule has 0 bridgehead atoms. The summed E-state index contributed by atoms with van der Waals surface area (Å²) in [6.07, 6.45) is 0.442. The first-order valence-electron chi connectivity index (χ1n) is 8.84. The van der Waals surface area contributed by atoms with Gasteiger partial charge in [-0.3, -0.25) is 4.79 Å². The van der Waals surface area contributed by atoms with Crippen molar-refractivity contribution in [1.29, 1.82) is 0 Å². The number of anilines is 1. The molecule has 1 atom stereocenters. The third kappa shape index (κ3) is 3.15. The number of carbonyl (C=O) groups is 1. The fraction of sp³-hybridized carbons (Fsp3) is 0.190. The highest BCUT2D eigenvalue weighted by atomic mass is 19.1. The van der Waals surface area contributed by atoms with E-state index in [1.54, 1.807) is 20.1 Å². The van der Waals surface area contributed by atoms with Crippen molar-refractivity contribution in [2.75, 3.05) is 12.8 Å². The Morgan fingerprint density at radius 2 is 2.04 bits per heavy atom. The predicted octanol–water partition coefficient (Wildman–Crippen LogP) is 3.21. The van der Waals surface area contributed by atoms with E-state index >= 15 is 0 Å². The second kappa shape index (κ2) is 6.92. The normalized spacial score (nSPS) is 15.7. The molecule has 0 saturated heterocycles. The Morgan fingerprint density at radius 1 is 1.21 bits per heavy atom. The van der Waals surface area contributed by atoms with Gasteiger partial charge in [0.05, 0.1) is 30.1 Å². The van der Waals surface area contributed by atoms with Crippen molar-refractivity contribution in [3.63, 3.8) is 0 Å². The Hall–Kier alpha value is -3.48. The molecule has 1 aliphatic rings. The van der Waals surface area contributed by atoms with Crippen LogP contribution >= 0.6 is 0 Å². The van der Waals surface area contributed by atoms with Crippen molar-refractivity contribution in [3.8, 4) is 16.9 Å². The Bertz CT molecular complexity index is 1080. The minimum atomic E-state index is -0.365. The average molecular weight is 378 g/mol. The van der Waals surface area contributed by atoms with Gasteiger partial charge in [-0.05, 0) is 47.9 Å². The van der Waals surface area contributed by atoms with Gasteiger partial charge >= 0.3 is 0 Å². The lowest BCUT2D eigenvalue weighted by molar-refractivity contribution is 0.0922. The van der Waals surface area contributed by atoms with Crippen LogP contribution in [0.15, 0.2) is 42.5 Å². The number of hydrogen-bond donors (Lipinski definition) is 2. The van der Waals surface area contributed by atoms with Crippen LogP contribution < -0.4 is 15.8 Å². The van der Waals surface area contributed by atoms with Gasteiger partial charge in [0.25, 0.3) is 5.91 Å². The summed E-state index contributed by atoms with van der Waals surface area (Å²) in [6.45, 7) is 1.73. The number of nitrogens with zero attached hydrogens (tertiary/aromatic N) is 2. The second-order valence-corrected chi connectivity index (χ2v) is 6.68. The molecular formula is C21H19FN4O2. The smallest absolute Gasteiger partial charge is 0.255 e. The van der Waals surface area contributed by atoms with Gasteiger partial charge in [0.15, 0.2) is 0 Å². The van der Waals surface area contributed by atoms with Crippen LogP contribution in [0.4, 0.5) is 10.3 Å². The van der Waals surface area contributed by atoms with Crippen molar-refractivity contribution < 1.29 is 13.9 Å². The van der Waals surface area contributed by atoms with Gasteiger partial charge in [-0.1, -0.05) is 18.2 Å². The lowest BCUT2D eigenvalue weighted by Gasteiger charge is -2.28. The Kier molecular flexibility index (Phi) is 4.43. The van der Waals surface area contributed by atoms with Gasteiger partial charge in [0.1, 0.15) is 11.6 Å². The minimum Gasteiger partial charge on any atom is -0.497 e. The van der Waals surface area contributed by atoms with Crippen LogP contribution in [-0.2, 0) is 6.42 Å². The minimum absolute atomic E-state index is 0.136. The Labute approximate surface area is 161 Å². The molecule has 3 aromatic rings. The number of carbonyl (C=O) groups excluding carboxylic acids is 1. The van der Waals surface area contributed by atoms with Gasteiger partial charge in [-0.2, -0.15) is 0 Å². The van der Waals surface area contributed by atoms with Crippen LogP contribution in [0.3, 0.4) is 0 Å². The van der Waals surface area contributed by atoms with Gasteiger partial charge in [-0.25, -0.2) is 14.4 Å². The van der Waals surface area contributed by atoms with Crippen molar-refractivity contribution in [3.05, 3.63) is 70.8 Å². The van der Waals surface area contributed by atoms with Crippen LogP contribution in [0.25, 0.3) is 11.1 Å². The van der Waals surface area contributed by atoms with E-state index in [0.29, 0.717) is 34.7 Å². The van der Waals surface area contributed by atoms with Crippen molar-refractivity contribution >= 4 is 11.9 Å². The summed E-state index contributed by atoms with van der Waals surface area (Å²) in [6, 6.07) is 11.6. The Balaban J connectivity index is 1.81. The predicted molar refractivity (Wildman–Crippen MR) is 103 cm³/mol. The molecule has 0 unspecified atom stereocenters. The van der Waals surface area contributed by atoms with E-state index in [4.69, 9.17) is 10.5 Å². The third-order valence-corrected chi connectivity index (χ3v) is 4.88. The SMILES string of the molecule is COc1cccc(-c2cc(F)ccc2[C@H]2Cc3nc(N)nc(C)c3C(=O)N2)c1. The number of amides is 1. The summed E-state index contributed by atoms with van der Waals surface area (Å²) in [5.41, 5.74) is 9.65. The first-order chi connectivity index (χ1) is 13.5. The van der Waals surface area contributed by atoms with Crippen LogP contribution in [0, 0.1) is 12.7 Å². The van der Waals surface area contributed by atoms with E-state index in [1.807, 2.05) is 24.3 Å². The zero-order chi connectivity index (χ0) is 19.8. The van der Waals surface area contributed by atoms with Crippen molar-refractivity contribution in [2.45, 2.75) is 19.4 Å². The number of fused-ring (bicyclic) bond motifs is 1. The number of hydrogen-bond acceptors (Lipinski definition) is 5. The summed E-state index contributed by atoms with van der Waals surface area (Å²) >= 11 is 0. The number of ether oxygens (including phenoxy) is 1. The fourth-order valence-corrected chi connectivity index (χ4v) is 3.63. The zero-order valence-corrected chi connectivity index (χ0v) is 15.5. The average Bonchev–Trinajstić information content (AvgIpc) is 2.67. The van der Waals surface area contributed by atoms with Crippen molar-refractivity contribution in [1.82, 2.24) is 15.3 Å². The van der Waals surface area contributed by atoms with Gasteiger partial charge in [-0.15, -0.1) is 0 Å². The quantitative estimate of drug-likeness (QED) is 0.730. The topological polar surface area (TPSA) is 90.1 Å². The van der Waals surface area contributed by atoms with E-state index in [1.165, 1.54) is 12.1 Å². The van der Waals surface area contributed by atoms with Crippen LogP contribution in [0.2, 0.25) is 0 Å². The summed E-state index contributed by atoms with van der Waals surface area (Å²) < 4.78 is 19.3. The molecule has 0 aliphatic carbocycles. The van der Waals surface area contributed by atoms with E-state index in [0.717, 1.165) is 11.1 Å². The first kappa shape index (κ1) is 17.9. The van der Waals surface area contributed by atoms with Crippen molar-refractivity contribution in [2.24, 2.45) is 0 Å². The third-order valence-electron chi connectivity index (χ3n) is 4.88. The van der Waals surface area contributed by atoms with E-state index in [2.05, 4.69) is 15.3 Å². The molecule has 3 N–H and O–H groups in total. The number of nitrogens with two attached hydrogens (primary N) is 1. The maximum absolute atomic E-state index is 14.0. The van der Waals surface area contributed by atoms with Crippen LogP contribution in [0.1, 0.15) is 33.4 Å². The van der Waals surface area contributed by atoms with E-state index in [-0.39, 0.29) is 23.7 Å². The van der Waals surface area contributed by atoms with Gasteiger partial charge in [0.2, 0.25) is 5.95 Å². The first-order valence-corrected chi connectivity index (χ1v) is 8.84. The number of rotatable bonds is 3. The molecule has 0 spiro atoms. The lowest BCUT2D eigenvalue weighted by atomic mass is 9.89. The number of benzene rings is 2. The molecule has 1 aliphatic heterocycles. The molecule has 1 aromatic heterocycles. The fourth-order valence-electron chi connectivity index (χ4n) is 3.63. The Morgan fingerprint density at radius 3 is 2.82 bits per heavy atom. The molecule has 4 rings (SSSR count). The molecule has 142 valence electrons. The molecule has 0 radical (unpaired) electrons. The number of aromatic nitrogens is 2. The summed E-state index contributed by atoms with van der Waals surface area (Å²) in [5, 5.41) is 2.99. The molecule has 0 saturated carbocycles. The largest absolute Gasteiger partial charge is 0.497 e. The van der Waals surface area contributed by atoms with Gasteiger partial charge in [0, 0.05) is 6.42 Å². The van der Waals surface area contributed by atoms with Crippen LogP contribution in [-0.4, -0.2) is 23.0 Å². The summed E-state index contributed by atoms with van der Waals surface area (Å²) in [5.74, 6) is 0.190. The number of methoxy groups -OCH3 is 1. The monoisotopic (exact) mass is 378 g/mol.